The molecule has 2 bridgehead atoms. The maximum absolute atomic E-state index is 16.1. The summed E-state index contributed by atoms with van der Waals surface area (Å²) in [6, 6.07) is 7.18. The van der Waals surface area contributed by atoms with Gasteiger partial charge < -0.3 is 58.6 Å². The van der Waals surface area contributed by atoms with Crippen LogP contribution in [0.5, 0.6) is 0 Å². The van der Waals surface area contributed by atoms with Crippen molar-refractivity contribution in [2.75, 3.05) is 57.6 Å². The van der Waals surface area contributed by atoms with E-state index in [-0.39, 0.29) is 48.8 Å². The SMILES string of the molecule is CC[C@H]1OC(=O)[C@H](C)[C@H]2OC3(CCN(c4ccc(C(=O)N(C)c5ccncc5)cc4F)CC3)O[C@](C)(C[C@@H](C)CN(C)[C@H](C)[C@@H](O)[C@]1(C)O)[C@H](O[C@@H]1O[C@H](C)CC(N(C)C)[C@H]1O)[C@H]2C. The molecule has 1 aromatic heterocycles. The highest BCUT2D eigenvalue weighted by molar-refractivity contribution is 6.05. The molecule has 4 fully saturated rings. The van der Waals surface area contributed by atoms with Gasteiger partial charge in [0.25, 0.3) is 5.91 Å². The Labute approximate surface area is 379 Å². The number of fused-ring (bicyclic) bond motifs is 3. The number of aromatic nitrogens is 1. The van der Waals surface area contributed by atoms with Crippen molar-refractivity contribution < 1.29 is 53.0 Å². The summed E-state index contributed by atoms with van der Waals surface area (Å²) in [4.78, 5) is 39.2. The third-order valence-electron chi connectivity index (χ3n) is 14.6. The van der Waals surface area contributed by atoms with Crippen molar-refractivity contribution in [1.29, 1.82) is 0 Å². The lowest BCUT2D eigenvalue weighted by Gasteiger charge is -2.49. The van der Waals surface area contributed by atoms with Crippen LogP contribution in [-0.4, -0.2) is 162 Å². The molecule has 1 spiro atoms. The minimum atomic E-state index is -1.78. The summed E-state index contributed by atoms with van der Waals surface area (Å²) in [6.07, 6.45) is -1.11. The van der Waals surface area contributed by atoms with Gasteiger partial charge in [0.2, 0.25) is 0 Å². The molecule has 5 heterocycles. The molecule has 0 aliphatic carbocycles. The number of amides is 1. The Balaban J connectivity index is 1.37. The molecule has 4 saturated heterocycles. The Morgan fingerprint density at radius 2 is 1.69 bits per heavy atom. The molecule has 0 radical (unpaired) electrons. The maximum atomic E-state index is 16.1. The Hall–Kier alpha value is -3.32. The Morgan fingerprint density at radius 3 is 2.30 bits per heavy atom. The lowest BCUT2D eigenvalue weighted by atomic mass is 9.78. The molecule has 64 heavy (non-hydrogen) atoms. The van der Waals surface area contributed by atoms with Gasteiger partial charge in [0.15, 0.2) is 12.1 Å². The molecule has 16 heteroatoms. The number of benzene rings is 1. The number of hydrogen-bond acceptors (Lipinski definition) is 14. The first-order valence-corrected chi connectivity index (χ1v) is 23.1. The number of anilines is 2. The van der Waals surface area contributed by atoms with Gasteiger partial charge in [-0.15, -0.1) is 0 Å². The van der Waals surface area contributed by atoms with E-state index in [4.69, 9.17) is 23.7 Å². The van der Waals surface area contributed by atoms with E-state index in [1.165, 1.54) is 17.9 Å². The quantitative estimate of drug-likeness (QED) is 0.323. The van der Waals surface area contributed by atoms with Gasteiger partial charge in [-0.1, -0.05) is 20.8 Å². The van der Waals surface area contributed by atoms with Gasteiger partial charge in [0.05, 0.1) is 35.5 Å². The molecular weight excluding hydrogens is 826 g/mol. The molecule has 6 rings (SSSR count). The van der Waals surface area contributed by atoms with Crippen molar-refractivity contribution in [1.82, 2.24) is 14.8 Å². The standard InChI is InChI=1S/C48H74FN5O10/c1-13-38-47(8,59)41(56)32(6)52(11)27-28(2)26-46(7)42(62-45-39(55)37(51(9)10)24-29(3)60-45)30(4)40(31(5)44(58)61-38)63-48(64-46)18-22-54(23-19-48)36-15-14-33(25-35(36)49)43(57)53(12)34-16-20-50-21-17-34/h14-17,20-21,25,28-32,37-42,45,55-56,59H,13,18-19,22-24,26-27H2,1-12H3/t28-,29-,30+,31-,32-,37?,38-,39-,40+,41-,42-,45+,46-,47-/m1/s1. The van der Waals surface area contributed by atoms with Crippen LogP contribution in [0.1, 0.15) is 97.9 Å². The van der Waals surface area contributed by atoms with Crippen molar-refractivity contribution in [3.63, 3.8) is 0 Å². The zero-order valence-electron chi connectivity index (χ0n) is 39.9. The lowest BCUT2D eigenvalue weighted by Crippen LogP contribution is -2.60. The summed E-state index contributed by atoms with van der Waals surface area (Å²) in [5.41, 5.74) is -1.70. The van der Waals surface area contributed by atoms with Crippen LogP contribution in [0, 0.1) is 23.6 Å². The summed E-state index contributed by atoms with van der Waals surface area (Å²) in [7, 11) is 7.37. The Bertz CT molecular complexity index is 1900. The molecule has 1 unspecified atom stereocenters. The second-order valence-corrected chi connectivity index (χ2v) is 19.9. The van der Waals surface area contributed by atoms with Crippen molar-refractivity contribution in [3.8, 4) is 0 Å². The summed E-state index contributed by atoms with van der Waals surface area (Å²) >= 11 is 0. The summed E-state index contributed by atoms with van der Waals surface area (Å²) in [6.45, 7) is 16.1. The van der Waals surface area contributed by atoms with Crippen LogP contribution in [0.2, 0.25) is 0 Å². The lowest BCUT2D eigenvalue weighted by molar-refractivity contribution is -0.328. The second-order valence-electron chi connectivity index (χ2n) is 19.9. The number of rotatable bonds is 7. The van der Waals surface area contributed by atoms with E-state index in [9.17, 15) is 24.9 Å². The van der Waals surface area contributed by atoms with Gasteiger partial charge in [-0.3, -0.25) is 14.6 Å². The Morgan fingerprint density at radius 1 is 1.03 bits per heavy atom. The maximum Gasteiger partial charge on any atom is 0.311 e. The first-order valence-electron chi connectivity index (χ1n) is 23.1. The molecule has 3 N–H and O–H groups in total. The third-order valence-corrected chi connectivity index (χ3v) is 14.6. The Kier molecular flexibility index (Phi) is 15.6. The zero-order chi connectivity index (χ0) is 47.1. The number of ether oxygens (including phenoxy) is 5. The van der Waals surface area contributed by atoms with E-state index in [1.54, 1.807) is 57.6 Å². The number of piperidine rings is 1. The molecule has 0 saturated carbocycles. The largest absolute Gasteiger partial charge is 0.459 e. The fraction of sp³-hybridized carbons (Fsp3) is 0.729. The first-order chi connectivity index (χ1) is 30.0. The van der Waals surface area contributed by atoms with E-state index in [0.29, 0.717) is 43.9 Å². The molecule has 4 aliphatic heterocycles. The van der Waals surface area contributed by atoms with E-state index >= 15 is 4.39 Å². The van der Waals surface area contributed by atoms with Crippen molar-refractivity contribution in [2.45, 2.75) is 159 Å². The van der Waals surface area contributed by atoms with Gasteiger partial charge in [-0.05, 0) is 111 Å². The number of halogens is 1. The average Bonchev–Trinajstić information content (AvgIpc) is 3.33. The second kappa shape index (κ2) is 19.9. The minimum absolute atomic E-state index is 0.0671. The summed E-state index contributed by atoms with van der Waals surface area (Å²) in [5, 5.41) is 35.3. The average molecular weight is 900 g/mol. The van der Waals surface area contributed by atoms with Crippen LogP contribution < -0.4 is 9.80 Å². The smallest absolute Gasteiger partial charge is 0.311 e. The summed E-state index contributed by atoms with van der Waals surface area (Å²) < 4.78 is 50.3. The number of aliphatic hydroxyl groups excluding tert-OH is 2. The van der Waals surface area contributed by atoms with Crippen LogP contribution in [0.25, 0.3) is 0 Å². The van der Waals surface area contributed by atoms with Gasteiger partial charge >= 0.3 is 5.97 Å². The van der Waals surface area contributed by atoms with E-state index < -0.39 is 83.5 Å². The number of hydrogen-bond donors (Lipinski definition) is 3. The van der Waals surface area contributed by atoms with Crippen LogP contribution in [0.3, 0.4) is 0 Å². The van der Waals surface area contributed by atoms with Crippen LogP contribution in [0.4, 0.5) is 15.8 Å². The zero-order valence-corrected chi connectivity index (χ0v) is 39.9. The van der Waals surface area contributed by atoms with Crippen molar-refractivity contribution in [2.24, 2.45) is 17.8 Å². The number of carbonyl (C=O) groups excluding carboxylic acids is 2. The fourth-order valence-corrected chi connectivity index (χ4v) is 10.8. The first kappa shape index (κ1) is 50.1. The van der Waals surface area contributed by atoms with Gasteiger partial charge in [-0.25, -0.2) is 4.39 Å². The molecular formula is C48H74FN5O10. The monoisotopic (exact) mass is 900 g/mol. The minimum Gasteiger partial charge on any atom is -0.459 e. The molecule has 358 valence electrons. The molecule has 1 aromatic carbocycles. The van der Waals surface area contributed by atoms with Crippen LogP contribution in [0.15, 0.2) is 42.7 Å². The number of nitrogens with zero attached hydrogens (tertiary/aromatic N) is 5. The molecule has 4 aliphatic rings. The normalized spacial score (nSPS) is 38.0. The molecule has 15 nitrogen and oxygen atoms in total. The molecule has 1 amide bonds. The highest BCUT2D eigenvalue weighted by Gasteiger charge is 2.58. The number of carbonyl (C=O) groups is 2. The topological polar surface area (TPSA) is 167 Å². The predicted molar refractivity (Wildman–Crippen MR) is 240 cm³/mol. The predicted octanol–water partition coefficient (Wildman–Crippen LogP) is 4.85. The van der Waals surface area contributed by atoms with E-state index in [1.807, 2.05) is 63.5 Å². The van der Waals surface area contributed by atoms with Gasteiger partial charge in [0, 0.05) is 81.2 Å². The van der Waals surface area contributed by atoms with E-state index in [0.717, 1.165) is 0 Å². The third kappa shape index (κ3) is 10.3. The number of likely N-dealkylation sites (N-methyl/N-ethyl adjacent to an activating group) is 2. The van der Waals surface area contributed by atoms with Gasteiger partial charge in [0.1, 0.15) is 29.7 Å². The van der Waals surface area contributed by atoms with E-state index in [2.05, 4.69) is 11.9 Å². The van der Waals surface area contributed by atoms with Crippen molar-refractivity contribution in [3.05, 3.63) is 54.1 Å². The molecule has 14 atom stereocenters. The number of pyridine rings is 1. The number of esters is 1. The fourth-order valence-electron chi connectivity index (χ4n) is 10.8. The van der Waals surface area contributed by atoms with Crippen molar-refractivity contribution >= 4 is 23.3 Å². The van der Waals surface area contributed by atoms with Crippen LogP contribution in [-0.2, 0) is 28.5 Å². The highest BCUT2D eigenvalue weighted by atomic mass is 19.1. The summed E-state index contributed by atoms with van der Waals surface area (Å²) in [5.74, 6) is -4.30. The van der Waals surface area contributed by atoms with Gasteiger partial charge in [-0.2, -0.15) is 0 Å². The molecule has 2 aromatic rings. The highest BCUT2D eigenvalue weighted by Crippen LogP contribution is 2.48. The van der Waals surface area contributed by atoms with Crippen LogP contribution >= 0.6 is 0 Å². The number of cyclic esters (lactones) is 1. The number of aliphatic hydroxyl groups is 3.